The van der Waals surface area contributed by atoms with E-state index in [1.165, 1.54) is 0 Å². The summed E-state index contributed by atoms with van der Waals surface area (Å²) in [4.78, 5) is 0. The van der Waals surface area contributed by atoms with E-state index in [-0.39, 0.29) is 12.1 Å². The van der Waals surface area contributed by atoms with Crippen molar-refractivity contribution in [2.75, 3.05) is 13.2 Å². The summed E-state index contributed by atoms with van der Waals surface area (Å²) in [6.45, 7) is 7.18. The molecule has 0 bridgehead atoms. The zero-order chi connectivity index (χ0) is 14.7. The molecular formula is C16H23F2NO. The summed E-state index contributed by atoms with van der Waals surface area (Å²) in [5, 5.41) is 3.44. The summed E-state index contributed by atoms with van der Waals surface area (Å²) >= 11 is 0. The minimum atomic E-state index is -0.485. The van der Waals surface area contributed by atoms with Crippen LogP contribution >= 0.6 is 0 Å². The Bertz CT molecular complexity index is 456. The molecule has 0 aromatic heterocycles. The van der Waals surface area contributed by atoms with Gasteiger partial charge in [-0.2, -0.15) is 0 Å². The van der Waals surface area contributed by atoms with Crippen LogP contribution in [0.15, 0.2) is 12.1 Å². The Kier molecular flexibility index (Phi) is 5.11. The van der Waals surface area contributed by atoms with Gasteiger partial charge in [0.2, 0.25) is 0 Å². The van der Waals surface area contributed by atoms with Gasteiger partial charge in [-0.15, -0.1) is 0 Å². The normalized spacial score (nSPS) is 18.5. The molecular weight excluding hydrogens is 260 g/mol. The molecule has 0 aliphatic carbocycles. The van der Waals surface area contributed by atoms with Gasteiger partial charge in [0.05, 0.1) is 0 Å². The number of benzene rings is 1. The topological polar surface area (TPSA) is 21.3 Å². The molecule has 20 heavy (non-hydrogen) atoms. The molecule has 2 nitrogen and oxygen atoms in total. The van der Waals surface area contributed by atoms with Crippen molar-refractivity contribution in [2.24, 2.45) is 5.92 Å². The summed E-state index contributed by atoms with van der Waals surface area (Å²) in [5.74, 6) is -0.621. The first kappa shape index (κ1) is 15.4. The first-order valence-corrected chi connectivity index (χ1v) is 7.28. The van der Waals surface area contributed by atoms with E-state index in [4.69, 9.17) is 4.74 Å². The Morgan fingerprint density at radius 3 is 2.40 bits per heavy atom. The van der Waals surface area contributed by atoms with Crippen LogP contribution in [0.4, 0.5) is 8.78 Å². The fourth-order valence-electron chi connectivity index (χ4n) is 2.81. The molecule has 1 fully saturated rings. The molecule has 1 atom stereocenters. The monoisotopic (exact) mass is 283 g/mol. The molecule has 112 valence electrons. The first-order chi connectivity index (χ1) is 9.49. The van der Waals surface area contributed by atoms with Crippen molar-refractivity contribution in [2.45, 2.75) is 45.7 Å². The van der Waals surface area contributed by atoms with Gasteiger partial charge in [-0.3, -0.25) is 0 Å². The Hall–Kier alpha value is -1.00. The highest BCUT2D eigenvalue weighted by molar-refractivity contribution is 5.29. The van der Waals surface area contributed by atoms with Crippen LogP contribution in [-0.2, 0) is 4.74 Å². The Balaban J connectivity index is 2.32. The van der Waals surface area contributed by atoms with E-state index in [0.29, 0.717) is 30.3 Å². The molecule has 1 aliphatic rings. The second-order valence-electron chi connectivity index (χ2n) is 5.87. The van der Waals surface area contributed by atoms with E-state index in [1.54, 1.807) is 13.0 Å². The summed E-state index contributed by atoms with van der Waals surface area (Å²) in [7, 11) is 0. The van der Waals surface area contributed by atoms with Crippen molar-refractivity contribution in [3.8, 4) is 0 Å². The predicted molar refractivity (Wildman–Crippen MR) is 75.7 cm³/mol. The number of rotatable bonds is 4. The fourth-order valence-corrected chi connectivity index (χ4v) is 2.81. The number of nitrogens with one attached hydrogen (secondary N) is 1. The number of aryl methyl sites for hydroxylation is 1. The Morgan fingerprint density at radius 1 is 1.15 bits per heavy atom. The van der Waals surface area contributed by atoms with Crippen LogP contribution in [0.2, 0.25) is 0 Å². The van der Waals surface area contributed by atoms with Gasteiger partial charge in [-0.05, 0) is 37.3 Å². The van der Waals surface area contributed by atoms with E-state index >= 15 is 0 Å². The van der Waals surface area contributed by atoms with Crippen molar-refractivity contribution in [1.82, 2.24) is 5.32 Å². The second kappa shape index (κ2) is 6.64. The van der Waals surface area contributed by atoms with Gasteiger partial charge >= 0.3 is 0 Å². The van der Waals surface area contributed by atoms with Crippen molar-refractivity contribution in [1.29, 1.82) is 0 Å². The Labute approximate surface area is 119 Å². The molecule has 0 saturated carbocycles. The fraction of sp³-hybridized carbons (Fsp3) is 0.625. The van der Waals surface area contributed by atoms with Crippen LogP contribution in [0.1, 0.15) is 43.9 Å². The minimum absolute atomic E-state index is 0.0850. The van der Waals surface area contributed by atoms with E-state index in [1.807, 2.05) is 13.8 Å². The lowest BCUT2D eigenvalue weighted by Crippen LogP contribution is -2.36. The molecule has 2 rings (SSSR count). The molecule has 1 aromatic rings. The Morgan fingerprint density at radius 2 is 1.80 bits per heavy atom. The average molecular weight is 283 g/mol. The maximum absolute atomic E-state index is 14.2. The molecule has 1 aliphatic heterocycles. The summed E-state index contributed by atoms with van der Waals surface area (Å²) < 4.78 is 33.0. The molecule has 4 heteroatoms. The third kappa shape index (κ3) is 3.55. The van der Waals surface area contributed by atoms with Gasteiger partial charge in [0.1, 0.15) is 11.6 Å². The van der Waals surface area contributed by atoms with Crippen molar-refractivity contribution >= 4 is 0 Å². The first-order valence-electron chi connectivity index (χ1n) is 7.28. The maximum atomic E-state index is 14.2. The quantitative estimate of drug-likeness (QED) is 0.909. The van der Waals surface area contributed by atoms with Gasteiger partial charge in [0.25, 0.3) is 0 Å². The van der Waals surface area contributed by atoms with E-state index in [9.17, 15) is 8.78 Å². The van der Waals surface area contributed by atoms with Crippen LogP contribution in [0, 0.1) is 24.5 Å². The van der Waals surface area contributed by atoms with E-state index < -0.39 is 11.6 Å². The van der Waals surface area contributed by atoms with Gasteiger partial charge in [-0.1, -0.05) is 13.8 Å². The number of hydrogen-bond donors (Lipinski definition) is 1. The van der Waals surface area contributed by atoms with Crippen molar-refractivity contribution < 1.29 is 13.5 Å². The molecule has 0 amide bonds. The number of halogens is 2. The highest BCUT2D eigenvalue weighted by atomic mass is 19.1. The number of ether oxygens (including phenoxy) is 1. The highest BCUT2D eigenvalue weighted by Crippen LogP contribution is 2.33. The lowest BCUT2D eigenvalue weighted by atomic mass is 9.86. The minimum Gasteiger partial charge on any atom is -0.381 e. The smallest absolute Gasteiger partial charge is 0.130 e. The molecule has 1 heterocycles. The zero-order valence-electron chi connectivity index (χ0n) is 12.4. The van der Waals surface area contributed by atoms with Crippen molar-refractivity contribution in [3.05, 3.63) is 34.9 Å². The zero-order valence-corrected chi connectivity index (χ0v) is 12.4. The molecule has 1 aromatic carbocycles. The lowest BCUT2D eigenvalue weighted by molar-refractivity contribution is 0.0519. The van der Waals surface area contributed by atoms with Gasteiger partial charge < -0.3 is 10.1 Å². The highest BCUT2D eigenvalue weighted by Gasteiger charge is 2.28. The van der Waals surface area contributed by atoms with Crippen molar-refractivity contribution in [3.63, 3.8) is 0 Å². The maximum Gasteiger partial charge on any atom is 0.130 e. The second-order valence-corrected chi connectivity index (χ2v) is 5.87. The van der Waals surface area contributed by atoms with Gasteiger partial charge in [0, 0.05) is 36.9 Å². The average Bonchev–Trinajstić information content (AvgIpc) is 2.41. The van der Waals surface area contributed by atoms with Crippen LogP contribution in [0.3, 0.4) is 0 Å². The summed E-state index contributed by atoms with van der Waals surface area (Å²) in [6, 6.07) is 2.80. The molecule has 1 unspecified atom stereocenters. The summed E-state index contributed by atoms with van der Waals surface area (Å²) in [5.41, 5.74) is 1.06. The summed E-state index contributed by atoms with van der Waals surface area (Å²) in [6.07, 6.45) is 1.81. The third-order valence-corrected chi connectivity index (χ3v) is 3.86. The predicted octanol–water partition coefficient (Wildman–Crippen LogP) is 3.74. The van der Waals surface area contributed by atoms with E-state index in [0.717, 1.165) is 18.9 Å². The van der Waals surface area contributed by atoms with Crippen LogP contribution in [0.25, 0.3) is 0 Å². The lowest BCUT2D eigenvalue weighted by Gasteiger charge is -2.33. The van der Waals surface area contributed by atoms with Crippen LogP contribution in [-0.4, -0.2) is 19.3 Å². The van der Waals surface area contributed by atoms with E-state index in [2.05, 4.69) is 5.32 Å². The molecule has 1 N–H and O–H groups in total. The molecule has 0 spiro atoms. The van der Waals surface area contributed by atoms with Crippen LogP contribution in [0.5, 0.6) is 0 Å². The standard InChI is InChI=1S/C16H23F2NO/c1-10(2)19-16(12-4-6-20-7-5-12)13-8-11(3)14(17)9-15(13)18/h8-10,12,16,19H,4-7H2,1-3H3. The van der Waals surface area contributed by atoms with Gasteiger partial charge in [0.15, 0.2) is 0 Å². The molecule has 0 radical (unpaired) electrons. The van der Waals surface area contributed by atoms with Gasteiger partial charge in [-0.25, -0.2) is 8.78 Å². The number of hydrogen-bond acceptors (Lipinski definition) is 2. The SMILES string of the molecule is Cc1cc(C(NC(C)C)C2CCOCC2)c(F)cc1F. The van der Waals surface area contributed by atoms with Crippen LogP contribution < -0.4 is 5.32 Å². The molecule has 1 saturated heterocycles. The largest absolute Gasteiger partial charge is 0.381 e. The third-order valence-electron chi connectivity index (χ3n) is 3.86.